The van der Waals surface area contributed by atoms with Crippen molar-refractivity contribution in [1.82, 2.24) is 0 Å². The summed E-state index contributed by atoms with van der Waals surface area (Å²) in [4.78, 5) is 47.0. The van der Waals surface area contributed by atoms with E-state index in [9.17, 15) is 24.3 Å². The molecule has 0 aromatic carbocycles. The molecule has 1 atom stereocenters. The Kier molecular flexibility index (Phi) is 13.8. The quantitative estimate of drug-likeness (QED) is 0.121. The van der Waals surface area contributed by atoms with Gasteiger partial charge in [-0.05, 0) is 19.3 Å². The third-order valence-corrected chi connectivity index (χ3v) is 4.11. The predicted molar refractivity (Wildman–Crippen MR) is 106 cm³/mol. The van der Waals surface area contributed by atoms with Crippen LogP contribution < -0.4 is 0 Å². The summed E-state index contributed by atoms with van der Waals surface area (Å²) in [6, 6.07) is 0. The lowest BCUT2D eigenvalue weighted by Crippen LogP contribution is -2.50. The van der Waals surface area contributed by atoms with Gasteiger partial charge < -0.3 is 34.3 Å². The highest BCUT2D eigenvalue weighted by Crippen LogP contribution is 2.23. The van der Waals surface area contributed by atoms with Crippen LogP contribution in [0.3, 0.4) is 0 Å². The summed E-state index contributed by atoms with van der Waals surface area (Å²) < 4.78 is 21.2. The number of aliphatic hydroxyl groups is 1. The van der Waals surface area contributed by atoms with Crippen molar-refractivity contribution in [2.24, 2.45) is 0 Å². The van der Waals surface area contributed by atoms with Crippen molar-refractivity contribution in [3.63, 3.8) is 0 Å². The van der Waals surface area contributed by atoms with Gasteiger partial charge in [-0.15, -0.1) is 0 Å². The van der Waals surface area contributed by atoms with E-state index in [1.165, 1.54) is 0 Å². The minimum Gasteiger partial charge on any atom is -0.481 e. The largest absolute Gasteiger partial charge is 0.481 e. The van der Waals surface area contributed by atoms with Crippen molar-refractivity contribution in [2.75, 3.05) is 19.8 Å². The van der Waals surface area contributed by atoms with Crippen LogP contribution in [0.15, 0.2) is 0 Å². The lowest BCUT2D eigenvalue weighted by atomic mass is 9.96. The van der Waals surface area contributed by atoms with E-state index in [-0.39, 0.29) is 19.8 Å². The van der Waals surface area contributed by atoms with Gasteiger partial charge in [-0.25, -0.2) is 9.59 Å². The number of carboxylic acid groups (broad SMARTS) is 2. The maximum Gasteiger partial charge on any atom is 0.405 e. The highest BCUT2D eigenvalue weighted by atomic mass is 16.9. The summed E-state index contributed by atoms with van der Waals surface area (Å²) in [6.45, 7) is 5.90. The fraction of sp³-hybridized carbons (Fsp3) is 0.800. The first-order valence-corrected chi connectivity index (χ1v) is 10.4. The Hall–Kier alpha value is -2.08. The zero-order valence-corrected chi connectivity index (χ0v) is 18.4. The fourth-order valence-corrected chi connectivity index (χ4v) is 2.26. The number of unbranched alkanes of at least 4 members (excludes halogenated alkanes) is 3. The van der Waals surface area contributed by atoms with Gasteiger partial charge in [0.2, 0.25) is 0 Å². The first kappa shape index (κ1) is 28.9. The zero-order valence-electron chi connectivity index (χ0n) is 18.4. The van der Waals surface area contributed by atoms with E-state index in [4.69, 9.17) is 24.4 Å². The van der Waals surface area contributed by atoms with Gasteiger partial charge in [-0.1, -0.05) is 40.0 Å². The third-order valence-electron chi connectivity index (χ3n) is 4.11. The number of aliphatic carboxylic acids is 2. The van der Waals surface area contributed by atoms with Crippen molar-refractivity contribution in [1.29, 1.82) is 0 Å². The molecule has 0 radical (unpaired) electrons. The molecule has 0 heterocycles. The van der Waals surface area contributed by atoms with Crippen molar-refractivity contribution < 1.29 is 53.4 Å². The van der Waals surface area contributed by atoms with Crippen molar-refractivity contribution in [3.05, 3.63) is 0 Å². The van der Waals surface area contributed by atoms with Gasteiger partial charge in [0.15, 0.2) is 5.60 Å². The number of rotatable bonds is 18. The molecule has 11 nitrogen and oxygen atoms in total. The molecular weight excluding hydrogens is 416 g/mol. The Morgan fingerprint density at radius 2 is 1.16 bits per heavy atom. The van der Waals surface area contributed by atoms with E-state index in [0.29, 0.717) is 19.3 Å². The minimum absolute atomic E-state index is 0.0656. The summed E-state index contributed by atoms with van der Waals surface area (Å²) in [6.07, 6.45) is 1.40. The maximum atomic E-state index is 12.8. The molecule has 0 bridgehead atoms. The zero-order chi connectivity index (χ0) is 23.9. The standard InChI is InChI=1S/C20H34O11/c1-4-7-10-28-20(29-11-8-5-2,30-12-9-6-3)18(26)31-16(23)14-19(27,17(24)25)13-15(21)22/h27H,4-14H2,1-3H3,(H,21,22)(H,24,25). The second kappa shape index (κ2) is 14.8. The van der Waals surface area contributed by atoms with Crippen LogP contribution in [0.25, 0.3) is 0 Å². The number of carbonyl (C=O) groups is 4. The van der Waals surface area contributed by atoms with E-state index in [2.05, 4.69) is 4.74 Å². The monoisotopic (exact) mass is 450 g/mol. The molecule has 3 N–H and O–H groups in total. The molecule has 0 amide bonds. The number of carboxylic acids is 2. The van der Waals surface area contributed by atoms with Crippen molar-refractivity contribution in [2.45, 2.75) is 83.7 Å². The molecule has 0 saturated heterocycles. The summed E-state index contributed by atoms with van der Waals surface area (Å²) >= 11 is 0. The van der Waals surface area contributed by atoms with Crippen LogP contribution in [0.5, 0.6) is 0 Å². The maximum absolute atomic E-state index is 12.8. The molecule has 0 spiro atoms. The van der Waals surface area contributed by atoms with Crippen LogP contribution >= 0.6 is 0 Å². The first-order chi connectivity index (χ1) is 14.6. The molecule has 0 rings (SSSR count). The molecule has 0 aliphatic heterocycles. The molecule has 0 fully saturated rings. The van der Waals surface area contributed by atoms with Gasteiger partial charge in [0, 0.05) is 0 Å². The Morgan fingerprint density at radius 1 is 0.742 bits per heavy atom. The van der Waals surface area contributed by atoms with Crippen LogP contribution in [0.1, 0.15) is 72.1 Å². The second-order valence-corrected chi connectivity index (χ2v) is 7.01. The topological polar surface area (TPSA) is 166 Å². The summed E-state index contributed by atoms with van der Waals surface area (Å²) in [5.41, 5.74) is -2.94. The summed E-state index contributed by atoms with van der Waals surface area (Å²) in [5, 5.41) is 27.8. The molecule has 0 aliphatic carbocycles. The van der Waals surface area contributed by atoms with Crippen molar-refractivity contribution in [3.8, 4) is 0 Å². The average Bonchev–Trinajstić information content (AvgIpc) is 2.67. The molecule has 0 aromatic heterocycles. The molecule has 180 valence electrons. The molecular formula is C20H34O11. The van der Waals surface area contributed by atoms with E-state index < -0.39 is 48.3 Å². The SMILES string of the molecule is CCCCOC(OCCCC)(OCCCC)C(=O)OC(=O)CC(O)(CC(=O)O)C(=O)O. The number of ether oxygens (including phenoxy) is 4. The lowest BCUT2D eigenvalue weighted by Gasteiger charge is -2.30. The van der Waals surface area contributed by atoms with Crippen LogP contribution in [0.2, 0.25) is 0 Å². The lowest BCUT2D eigenvalue weighted by molar-refractivity contribution is -0.363. The summed E-state index contributed by atoms with van der Waals surface area (Å²) in [5.74, 6) is -8.74. The van der Waals surface area contributed by atoms with Gasteiger partial charge in [-0.2, -0.15) is 0 Å². The van der Waals surface area contributed by atoms with Gasteiger partial charge >= 0.3 is 29.9 Å². The second-order valence-electron chi connectivity index (χ2n) is 7.01. The van der Waals surface area contributed by atoms with Crippen LogP contribution in [-0.2, 0) is 38.1 Å². The number of carbonyl (C=O) groups excluding carboxylic acids is 2. The third kappa shape index (κ3) is 10.7. The molecule has 0 aliphatic rings. The van der Waals surface area contributed by atoms with E-state index in [1.54, 1.807) is 0 Å². The van der Waals surface area contributed by atoms with Gasteiger partial charge in [0.1, 0.15) is 0 Å². The summed E-state index contributed by atoms with van der Waals surface area (Å²) in [7, 11) is 0. The Labute approximate surface area is 181 Å². The van der Waals surface area contributed by atoms with E-state index in [0.717, 1.165) is 19.3 Å². The molecule has 1 unspecified atom stereocenters. The smallest absolute Gasteiger partial charge is 0.405 e. The molecule has 0 aromatic rings. The van der Waals surface area contributed by atoms with Gasteiger partial charge in [-0.3, -0.25) is 9.59 Å². The average molecular weight is 450 g/mol. The number of esters is 2. The Morgan fingerprint density at radius 3 is 1.48 bits per heavy atom. The molecule has 11 heteroatoms. The fourth-order valence-electron chi connectivity index (χ4n) is 2.26. The number of hydrogen-bond acceptors (Lipinski definition) is 9. The normalized spacial score (nSPS) is 13.4. The Balaban J connectivity index is 5.53. The van der Waals surface area contributed by atoms with Crippen LogP contribution in [0, 0.1) is 0 Å². The van der Waals surface area contributed by atoms with E-state index >= 15 is 0 Å². The predicted octanol–water partition coefficient (Wildman–Crippen LogP) is 1.84. The number of hydrogen-bond donors (Lipinski definition) is 3. The minimum atomic E-state index is -2.94. The van der Waals surface area contributed by atoms with E-state index in [1.807, 2.05) is 20.8 Å². The first-order valence-electron chi connectivity index (χ1n) is 10.4. The molecule has 0 saturated carbocycles. The van der Waals surface area contributed by atoms with Crippen LogP contribution in [0.4, 0.5) is 0 Å². The van der Waals surface area contributed by atoms with Gasteiger partial charge in [0.05, 0.1) is 32.7 Å². The molecule has 31 heavy (non-hydrogen) atoms. The highest BCUT2D eigenvalue weighted by Gasteiger charge is 2.48. The Bertz CT molecular complexity index is 563. The van der Waals surface area contributed by atoms with Crippen molar-refractivity contribution >= 4 is 23.9 Å². The van der Waals surface area contributed by atoms with Crippen LogP contribution in [-0.4, -0.2) is 70.6 Å². The van der Waals surface area contributed by atoms with Gasteiger partial charge in [0.25, 0.3) is 0 Å². The highest BCUT2D eigenvalue weighted by molar-refractivity contribution is 5.93.